The van der Waals surface area contributed by atoms with Crippen LogP contribution in [0.3, 0.4) is 0 Å². The van der Waals surface area contributed by atoms with E-state index >= 15 is 0 Å². The zero-order valence-electron chi connectivity index (χ0n) is 10.4. The Morgan fingerprint density at radius 1 is 1.44 bits per heavy atom. The Morgan fingerprint density at radius 3 is 2.69 bits per heavy atom. The molecule has 5 heteroatoms. The molecular weight excluding hydrogens is 220 g/mol. The van der Waals surface area contributed by atoms with E-state index in [-0.39, 0.29) is 0 Å². The molecule has 1 saturated heterocycles. The predicted molar refractivity (Wildman–Crippen MR) is 71.1 cm³/mol. The minimum Gasteiger partial charge on any atom is -0.394 e. The van der Waals surface area contributed by atoms with E-state index in [1.54, 1.807) is 0 Å². The molecule has 1 fully saturated rings. The number of hydrogen-bond donors (Lipinski definition) is 1. The monoisotopic (exact) mass is 240 g/mol. The highest BCUT2D eigenvalue weighted by Crippen LogP contribution is 2.33. The normalized spacial score (nSPS) is 26.1. The first-order chi connectivity index (χ1) is 7.52. The summed E-state index contributed by atoms with van der Waals surface area (Å²) in [5.74, 6) is 2.24. The van der Waals surface area contributed by atoms with Crippen LogP contribution in [0.5, 0.6) is 0 Å². The van der Waals surface area contributed by atoms with Crippen LogP contribution in [0.15, 0.2) is 0 Å². The highest BCUT2D eigenvalue weighted by atomic mass is 32.2. The number of aromatic nitrogens is 2. The van der Waals surface area contributed by atoms with Crippen LogP contribution in [-0.2, 0) is 7.05 Å². The van der Waals surface area contributed by atoms with Crippen molar-refractivity contribution in [3.63, 3.8) is 0 Å². The van der Waals surface area contributed by atoms with Crippen molar-refractivity contribution in [3.8, 4) is 0 Å². The lowest BCUT2D eigenvalue weighted by atomic mass is 10.2. The van der Waals surface area contributed by atoms with Gasteiger partial charge in [-0.1, -0.05) is 6.92 Å². The molecule has 4 nitrogen and oxygen atoms in total. The third kappa shape index (κ3) is 1.77. The first-order valence-electron chi connectivity index (χ1n) is 5.69. The van der Waals surface area contributed by atoms with E-state index in [9.17, 15) is 0 Å². The fourth-order valence-corrected chi connectivity index (χ4v) is 3.33. The highest BCUT2D eigenvalue weighted by Gasteiger charge is 2.29. The van der Waals surface area contributed by atoms with Gasteiger partial charge in [0.15, 0.2) is 5.82 Å². The van der Waals surface area contributed by atoms with Crippen molar-refractivity contribution in [2.45, 2.75) is 32.1 Å². The molecule has 1 aromatic rings. The van der Waals surface area contributed by atoms with Gasteiger partial charge in [0.1, 0.15) is 0 Å². The van der Waals surface area contributed by atoms with Gasteiger partial charge >= 0.3 is 0 Å². The third-order valence-electron chi connectivity index (χ3n) is 3.39. The molecule has 2 heterocycles. The molecule has 0 radical (unpaired) electrons. The molecule has 16 heavy (non-hydrogen) atoms. The summed E-state index contributed by atoms with van der Waals surface area (Å²) in [4.78, 5) is 2.39. The molecule has 0 saturated carbocycles. The summed E-state index contributed by atoms with van der Waals surface area (Å²) in [5.41, 5.74) is 7.86. The standard InChI is InChI=1S/C11H20N4S/c1-7-10(12)11(14(4)13-7)15-5-6-16-9(3)8(15)2/h8-9H,5-6,12H2,1-4H3. The number of thioether (sulfide) groups is 1. The van der Waals surface area contributed by atoms with E-state index in [0.717, 1.165) is 29.5 Å². The van der Waals surface area contributed by atoms with E-state index in [1.807, 2.05) is 30.4 Å². The van der Waals surface area contributed by atoms with Crippen molar-refractivity contribution in [3.05, 3.63) is 5.69 Å². The topological polar surface area (TPSA) is 47.1 Å². The van der Waals surface area contributed by atoms with Crippen LogP contribution < -0.4 is 10.6 Å². The summed E-state index contributed by atoms with van der Waals surface area (Å²) in [7, 11) is 1.97. The van der Waals surface area contributed by atoms with Crippen LogP contribution in [-0.4, -0.2) is 33.4 Å². The Hall–Kier alpha value is -0.840. The number of nitrogens with zero attached hydrogens (tertiary/aromatic N) is 3. The smallest absolute Gasteiger partial charge is 0.150 e. The van der Waals surface area contributed by atoms with Crippen LogP contribution in [0.4, 0.5) is 11.5 Å². The molecular formula is C11H20N4S. The van der Waals surface area contributed by atoms with Gasteiger partial charge < -0.3 is 10.6 Å². The number of nitrogens with two attached hydrogens (primary N) is 1. The van der Waals surface area contributed by atoms with Crippen molar-refractivity contribution in [1.82, 2.24) is 9.78 Å². The fraction of sp³-hybridized carbons (Fsp3) is 0.727. The summed E-state index contributed by atoms with van der Waals surface area (Å²) in [6.45, 7) is 7.56. The van der Waals surface area contributed by atoms with Gasteiger partial charge in [0.2, 0.25) is 0 Å². The Bertz CT molecular complexity index is 388. The van der Waals surface area contributed by atoms with Crippen molar-refractivity contribution < 1.29 is 0 Å². The van der Waals surface area contributed by atoms with Gasteiger partial charge in [-0.3, -0.25) is 4.68 Å². The minimum absolute atomic E-state index is 0.510. The van der Waals surface area contributed by atoms with Gasteiger partial charge in [0, 0.05) is 30.6 Å². The molecule has 1 aliphatic rings. The van der Waals surface area contributed by atoms with E-state index in [2.05, 4.69) is 23.8 Å². The SMILES string of the molecule is Cc1nn(C)c(N2CCSC(C)C2C)c1N. The summed E-state index contributed by atoms with van der Waals surface area (Å²) in [5, 5.41) is 5.03. The summed E-state index contributed by atoms with van der Waals surface area (Å²) in [6, 6.07) is 0.510. The van der Waals surface area contributed by atoms with Crippen LogP contribution in [0.1, 0.15) is 19.5 Å². The average Bonchev–Trinajstić information content (AvgIpc) is 2.47. The molecule has 0 spiro atoms. The molecule has 2 N–H and O–H groups in total. The maximum atomic E-state index is 6.11. The molecule has 90 valence electrons. The maximum absolute atomic E-state index is 6.11. The fourth-order valence-electron chi connectivity index (χ4n) is 2.23. The van der Waals surface area contributed by atoms with Gasteiger partial charge in [0.05, 0.1) is 11.4 Å². The predicted octanol–water partition coefficient (Wildman–Crippen LogP) is 1.64. The first kappa shape index (κ1) is 11.6. The van der Waals surface area contributed by atoms with Crippen molar-refractivity contribution in [2.75, 3.05) is 22.9 Å². The van der Waals surface area contributed by atoms with Crippen molar-refractivity contribution in [1.29, 1.82) is 0 Å². The molecule has 2 rings (SSSR count). The van der Waals surface area contributed by atoms with Crippen molar-refractivity contribution in [2.24, 2.45) is 7.05 Å². The molecule has 1 aliphatic heterocycles. The average molecular weight is 240 g/mol. The van der Waals surface area contributed by atoms with Gasteiger partial charge in [-0.15, -0.1) is 0 Å². The minimum atomic E-state index is 0.510. The van der Waals surface area contributed by atoms with Crippen LogP contribution in [0, 0.1) is 6.92 Å². The van der Waals surface area contributed by atoms with E-state index in [4.69, 9.17) is 5.73 Å². The number of nitrogen functional groups attached to an aromatic ring is 1. The lowest BCUT2D eigenvalue weighted by Gasteiger charge is -2.39. The number of aryl methyl sites for hydroxylation is 2. The lowest BCUT2D eigenvalue weighted by Crippen LogP contribution is -2.45. The zero-order chi connectivity index (χ0) is 11.9. The van der Waals surface area contributed by atoms with Gasteiger partial charge in [0.25, 0.3) is 0 Å². The van der Waals surface area contributed by atoms with Crippen molar-refractivity contribution >= 4 is 23.3 Å². The molecule has 1 aromatic heterocycles. The first-order valence-corrected chi connectivity index (χ1v) is 6.74. The Morgan fingerprint density at radius 2 is 2.12 bits per heavy atom. The summed E-state index contributed by atoms with van der Waals surface area (Å²) >= 11 is 2.03. The van der Waals surface area contributed by atoms with Crippen LogP contribution in [0.2, 0.25) is 0 Å². The van der Waals surface area contributed by atoms with Crippen LogP contribution >= 0.6 is 11.8 Å². The molecule has 0 aliphatic carbocycles. The molecule has 0 bridgehead atoms. The highest BCUT2D eigenvalue weighted by molar-refractivity contribution is 8.00. The summed E-state index contributed by atoms with van der Waals surface area (Å²) < 4.78 is 1.91. The Kier molecular flexibility index (Phi) is 3.06. The number of anilines is 2. The molecule has 2 unspecified atom stereocenters. The third-order valence-corrected chi connectivity index (χ3v) is 4.73. The maximum Gasteiger partial charge on any atom is 0.150 e. The quantitative estimate of drug-likeness (QED) is 0.810. The Balaban J connectivity index is 2.35. The largest absolute Gasteiger partial charge is 0.394 e. The van der Waals surface area contributed by atoms with E-state index < -0.39 is 0 Å². The van der Waals surface area contributed by atoms with Gasteiger partial charge in [-0.2, -0.15) is 16.9 Å². The molecule has 0 aromatic carbocycles. The van der Waals surface area contributed by atoms with Crippen LogP contribution in [0.25, 0.3) is 0 Å². The molecule has 0 amide bonds. The number of hydrogen-bond acceptors (Lipinski definition) is 4. The lowest BCUT2D eigenvalue weighted by molar-refractivity contribution is 0.598. The second kappa shape index (κ2) is 4.20. The second-order valence-electron chi connectivity index (χ2n) is 4.46. The Labute approximate surface area is 101 Å². The van der Waals surface area contributed by atoms with E-state index in [1.165, 1.54) is 0 Å². The zero-order valence-corrected chi connectivity index (χ0v) is 11.2. The summed E-state index contributed by atoms with van der Waals surface area (Å²) in [6.07, 6.45) is 0. The van der Waals surface area contributed by atoms with Gasteiger partial charge in [-0.25, -0.2) is 0 Å². The number of rotatable bonds is 1. The second-order valence-corrected chi connectivity index (χ2v) is 5.94. The molecule has 2 atom stereocenters. The van der Waals surface area contributed by atoms with E-state index in [0.29, 0.717) is 11.3 Å². The van der Waals surface area contributed by atoms with Gasteiger partial charge in [-0.05, 0) is 13.8 Å².